The van der Waals surface area contributed by atoms with Crippen LogP contribution < -0.4 is 24.0 Å². The van der Waals surface area contributed by atoms with Crippen molar-refractivity contribution >= 4 is 28.8 Å². The van der Waals surface area contributed by atoms with Crippen LogP contribution in [0.15, 0.2) is 60.2 Å². The monoisotopic (exact) mass is 544 g/mol. The van der Waals surface area contributed by atoms with Crippen molar-refractivity contribution in [3.63, 3.8) is 0 Å². The van der Waals surface area contributed by atoms with Crippen LogP contribution in [0.3, 0.4) is 0 Å². The maximum atomic E-state index is 13.7. The highest BCUT2D eigenvalue weighted by molar-refractivity contribution is 6.51. The molecule has 4 rings (SSSR count). The molecule has 0 aliphatic carbocycles. The Balaban J connectivity index is 1.99. The van der Waals surface area contributed by atoms with Gasteiger partial charge in [0.2, 0.25) is 0 Å². The summed E-state index contributed by atoms with van der Waals surface area (Å²) in [5.41, 5.74) is 4.12. The van der Waals surface area contributed by atoms with Gasteiger partial charge in [0.15, 0.2) is 11.5 Å². The molecule has 8 heteroatoms. The smallest absolute Gasteiger partial charge is 0.300 e. The molecule has 8 nitrogen and oxygen atoms in total. The second kappa shape index (κ2) is 11.3. The summed E-state index contributed by atoms with van der Waals surface area (Å²) in [6.07, 6.45) is 0. The van der Waals surface area contributed by atoms with Crippen LogP contribution >= 0.6 is 0 Å². The third kappa shape index (κ3) is 4.97. The van der Waals surface area contributed by atoms with Crippen LogP contribution in [0.4, 0.5) is 11.4 Å². The van der Waals surface area contributed by atoms with E-state index >= 15 is 0 Å². The lowest BCUT2D eigenvalue weighted by molar-refractivity contribution is -0.132. The fraction of sp³-hybridized carbons (Fsp3) is 0.312. The molecule has 0 saturated carbocycles. The molecule has 40 heavy (non-hydrogen) atoms. The molecule has 3 aromatic carbocycles. The fourth-order valence-electron chi connectivity index (χ4n) is 5.07. The lowest BCUT2D eigenvalue weighted by atomic mass is 9.91. The summed E-state index contributed by atoms with van der Waals surface area (Å²) in [6, 6.07) is 15.3. The Hall–Kier alpha value is -4.46. The minimum atomic E-state index is -0.908. The number of aliphatic hydroxyl groups is 1. The molecule has 1 atom stereocenters. The lowest BCUT2D eigenvalue weighted by Crippen LogP contribution is -2.29. The van der Waals surface area contributed by atoms with Crippen molar-refractivity contribution < 1.29 is 28.9 Å². The van der Waals surface area contributed by atoms with Gasteiger partial charge in [-0.15, -0.1) is 0 Å². The quantitative estimate of drug-likeness (QED) is 0.217. The SMILES string of the molecule is COc1ccc(C2/C(=C(\O)c3cc(C(C)C)c(OC)cc3C)C(=O)C(=O)N2c2ccc(N(C)C)cc2)cc1OC. The highest BCUT2D eigenvalue weighted by atomic mass is 16.5. The van der Waals surface area contributed by atoms with Crippen LogP contribution in [-0.2, 0) is 9.59 Å². The summed E-state index contributed by atoms with van der Waals surface area (Å²) in [5, 5.41) is 11.8. The van der Waals surface area contributed by atoms with Gasteiger partial charge in [0.25, 0.3) is 11.7 Å². The molecule has 210 valence electrons. The van der Waals surface area contributed by atoms with E-state index in [0.717, 1.165) is 11.3 Å². The number of ether oxygens (including phenoxy) is 3. The fourth-order valence-corrected chi connectivity index (χ4v) is 5.07. The first-order valence-electron chi connectivity index (χ1n) is 13.0. The molecule has 0 radical (unpaired) electrons. The van der Waals surface area contributed by atoms with Crippen molar-refractivity contribution in [2.45, 2.75) is 32.7 Å². The third-order valence-electron chi connectivity index (χ3n) is 7.27. The minimum Gasteiger partial charge on any atom is -0.507 e. The number of benzene rings is 3. The number of hydrogen-bond donors (Lipinski definition) is 1. The first-order chi connectivity index (χ1) is 19.0. The predicted molar refractivity (Wildman–Crippen MR) is 157 cm³/mol. The maximum Gasteiger partial charge on any atom is 0.300 e. The molecule has 3 aromatic rings. The summed E-state index contributed by atoms with van der Waals surface area (Å²) in [7, 11) is 8.51. The van der Waals surface area contributed by atoms with Crippen molar-refractivity contribution in [3.8, 4) is 17.2 Å². The number of Topliss-reactive ketones (excluding diaryl/α,β-unsaturated/α-hetero) is 1. The molecule has 1 aliphatic rings. The van der Waals surface area contributed by atoms with Gasteiger partial charge in [0.05, 0.1) is 32.9 Å². The molecular weight excluding hydrogens is 508 g/mol. The molecule has 1 unspecified atom stereocenters. The average Bonchev–Trinajstić information content (AvgIpc) is 3.21. The van der Waals surface area contributed by atoms with Crippen LogP contribution in [-0.4, -0.2) is 52.2 Å². The van der Waals surface area contributed by atoms with Gasteiger partial charge >= 0.3 is 0 Å². The molecule has 1 saturated heterocycles. The topological polar surface area (TPSA) is 88.5 Å². The molecule has 0 bridgehead atoms. The molecular formula is C32H36N2O6. The first-order valence-corrected chi connectivity index (χ1v) is 13.0. The number of carbonyl (C=O) groups excluding carboxylic acids is 2. The van der Waals surface area contributed by atoms with Gasteiger partial charge in [-0.05, 0) is 78.1 Å². The Kier molecular flexibility index (Phi) is 8.09. The number of rotatable bonds is 8. The second-order valence-electron chi connectivity index (χ2n) is 10.3. The Labute approximate surface area is 235 Å². The van der Waals surface area contributed by atoms with Crippen molar-refractivity contribution in [1.82, 2.24) is 0 Å². The van der Waals surface area contributed by atoms with Gasteiger partial charge in [-0.25, -0.2) is 0 Å². The number of hydrogen-bond acceptors (Lipinski definition) is 7. The zero-order valence-corrected chi connectivity index (χ0v) is 24.2. The molecule has 1 heterocycles. The van der Waals surface area contributed by atoms with Gasteiger partial charge in [-0.3, -0.25) is 14.5 Å². The largest absolute Gasteiger partial charge is 0.507 e. The summed E-state index contributed by atoms with van der Waals surface area (Å²) in [6.45, 7) is 5.89. The van der Waals surface area contributed by atoms with Crippen molar-refractivity contribution in [2.75, 3.05) is 45.2 Å². The predicted octanol–water partition coefficient (Wildman–Crippen LogP) is 5.84. The first kappa shape index (κ1) is 28.5. The summed E-state index contributed by atoms with van der Waals surface area (Å²) < 4.78 is 16.5. The van der Waals surface area contributed by atoms with E-state index in [1.54, 1.807) is 37.4 Å². The van der Waals surface area contributed by atoms with E-state index in [4.69, 9.17) is 14.2 Å². The Bertz CT molecular complexity index is 1470. The number of carbonyl (C=O) groups is 2. The van der Waals surface area contributed by atoms with Crippen LogP contribution in [0.5, 0.6) is 17.2 Å². The van der Waals surface area contributed by atoms with E-state index in [0.29, 0.717) is 39.6 Å². The van der Waals surface area contributed by atoms with E-state index in [2.05, 4.69) is 0 Å². The molecule has 1 fully saturated rings. The zero-order chi connectivity index (χ0) is 29.3. The summed E-state index contributed by atoms with van der Waals surface area (Å²) in [4.78, 5) is 30.7. The number of ketones is 1. The van der Waals surface area contributed by atoms with E-state index < -0.39 is 17.7 Å². The van der Waals surface area contributed by atoms with E-state index in [-0.39, 0.29) is 17.3 Å². The van der Waals surface area contributed by atoms with Crippen LogP contribution in [0.25, 0.3) is 5.76 Å². The van der Waals surface area contributed by atoms with Crippen LogP contribution in [0.2, 0.25) is 0 Å². The minimum absolute atomic E-state index is 0.00289. The number of amides is 1. The summed E-state index contributed by atoms with van der Waals surface area (Å²) in [5.74, 6) is 0.00254. The number of aryl methyl sites for hydroxylation is 1. The van der Waals surface area contributed by atoms with Gasteiger partial charge in [0.1, 0.15) is 11.5 Å². The molecule has 0 spiro atoms. The average molecular weight is 545 g/mol. The normalized spacial score (nSPS) is 16.4. The van der Waals surface area contributed by atoms with Crippen molar-refractivity contribution in [2.24, 2.45) is 0 Å². The molecule has 0 aromatic heterocycles. The van der Waals surface area contributed by atoms with Gasteiger partial charge in [0, 0.05) is 31.0 Å². The lowest BCUT2D eigenvalue weighted by Gasteiger charge is -2.27. The number of methoxy groups -OCH3 is 3. The summed E-state index contributed by atoms with van der Waals surface area (Å²) >= 11 is 0. The molecule has 1 amide bonds. The Morgan fingerprint density at radius 1 is 0.875 bits per heavy atom. The number of aliphatic hydroxyl groups excluding tert-OH is 1. The highest BCUT2D eigenvalue weighted by Crippen LogP contribution is 2.45. The Morgan fingerprint density at radius 3 is 2.05 bits per heavy atom. The van der Waals surface area contributed by atoms with Crippen molar-refractivity contribution in [1.29, 1.82) is 0 Å². The van der Waals surface area contributed by atoms with E-state index in [9.17, 15) is 14.7 Å². The standard InChI is InChI=1S/C32H36N2O6/c1-18(2)23-17-24(19(3)15-26(23)39-7)30(35)28-29(20-9-14-25(38-6)27(16-20)40-8)34(32(37)31(28)36)22-12-10-21(11-13-22)33(4)5/h9-18,29,35H,1-8H3/b30-28+. The van der Waals surface area contributed by atoms with E-state index in [1.165, 1.54) is 19.1 Å². The number of nitrogens with zero attached hydrogens (tertiary/aromatic N) is 2. The van der Waals surface area contributed by atoms with E-state index in [1.807, 2.05) is 64.0 Å². The third-order valence-corrected chi connectivity index (χ3v) is 7.27. The zero-order valence-electron chi connectivity index (χ0n) is 24.2. The van der Waals surface area contributed by atoms with Gasteiger partial charge in [-0.1, -0.05) is 19.9 Å². The molecule has 1 aliphatic heterocycles. The van der Waals surface area contributed by atoms with Crippen LogP contribution in [0, 0.1) is 6.92 Å². The Morgan fingerprint density at radius 2 is 1.50 bits per heavy atom. The van der Waals surface area contributed by atoms with Gasteiger partial charge in [-0.2, -0.15) is 0 Å². The highest BCUT2D eigenvalue weighted by Gasteiger charge is 2.47. The number of anilines is 2. The van der Waals surface area contributed by atoms with Crippen LogP contribution in [0.1, 0.15) is 48.1 Å². The van der Waals surface area contributed by atoms with Crippen molar-refractivity contribution in [3.05, 3.63) is 82.4 Å². The maximum absolute atomic E-state index is 13.7. The molecule has 1 N–H and O–H groups in total. The van der Waals surface area contributed by atoms with Gasteiger partial charge < -0.3 is 24.2 Å². The second-order valence-corrected chi connectivity index (χ2v) is 10.3.